The molecule has 0 radical (unpaired) electrons. The number of fused-ring (bicyclic) bond motifs is 10. The van der Waals surface area contributed by atoms with E-state index in [1.165, 1.54) is 111 Å². The van der Waals surface area contributed by atoms with Crippen molar-refractivity contribution in [3.05, 3.63) is 111 Å². The molecule has 6 rings (SSSR count). The summed E-state index contributed by atoms with van der Waals surface area (Å²) in [5, 5.41) is 0. The molecule has 0 unspecified atom stereocenters. The highest BCUT2D eigenvalue weighted by molar-refractivity contribution is 6.02. The Balaban J connectivity index is 2.10. The molecule has 0 heterocycles. The Morgan fingerprint density at radius 2 is 0.341 bits per heavy atom. The van der Waals surface area contributed by atoms with E-state index < -0.39 is 0 Å². The summed E-state index contributed by atoms with van der Waals surface area (Å²) in [7, 11) is 0. The first-order valence-electron chi connectivity index (χ1n) is 15.5. The summed E-state index contributed by atoms with van der Waals surface area (Å²) in [6, 6.07) is 0. The van der Waals surface area contributed by atoms with Gasteiger partial charge in [0.05, 0.1) is 5.41 Å². The van der Waals surface area contributed by atoms with Crippen molar-refractivity contribution in [3.8, 4) is 22.3 Å². The van der Waals surface area contributed by atoms with Gasteiger partial charge in [0.15, 0.2) is 0 Å². The Morgan fingerprint density at radius 3 is 0.512 bits per heavy atom. The average Bonchev–Trinajstić information content (AvgIpc) is 3.43. The highest BCUT2D eigenvalue weighted by Gasteiger charge is 2.57. The minimum Gasteiger partial charge on any atom is -0.0446 e. The van der Waals surface area contributed by atoms with E-state index in [0.29, 0.717) is 0 Å². The van der Waals surface area contributed by atoms with E-state index in [1.807, 2.05) is 0 Å². The number of rotatable bonds is 0. The van der Waals surface area contributed by atoms with Gasteiger partial charge in [-0.1, -0.05) is 0 Å². The summed E-state index contributed by atoms with van der Waals surface area (Å²) < 4.78 is 0. The molecule has 0 saturated carbocycles. The van der Waals surface area contributed by atoms with Crippen LogP contribution < -0.4 is 0 Å². The Labute approximate surface area is 249 Å². The maximum atomic E-state index is 2.42. The summed E-state index contributed by atoms with van der Waals surface area (Å²) in [6.45, 7) is 38.0. The molecular formula is C41H48. The Kier molecular flexibility index (Phi) is 5.79. The van der Waals surface area contributed by atoms with Gasteiger partial charge in [-0.2, -0.15) is 0 Å². The van der Waals surface area contributed by atoms with E-state index in [0.717, 1.165) is 0 Å². The van der Waals surface area contributed by atoms with Gasteiger partial charge in [0.25, 0.3) is 0 Å². The second-order valence-corrected chi connectivity index (χ2v) is 13.8. The van der Waals surface area contributed by atoms with Crippen molar-refractivity contribution in [1.82, 2.24) is 0 Å². The summed E-state index contributed by atoms with van der Waals surface area (Å²) in [5.74, 6) is 0. The molecule has 2 aliphatic carbocycles. The van der Waals surface area contributed by atoms with Gasteiger partial charge in [-0.25, -0.2) is 0 Å². The van der Waals surface area contributed by atoms with Gasteiger partial charge >= 0.3 is 0 Å². The summed E-state index contributed by atoms with van der Waals surface area (Å²) in [6.07, 6.45) is 0. The lowest BCUT2D eigenvalue weighted by atomic mass is 9.64. The molecule has 0 heteroatoms. The van der Waals surface area contributed by atoms with Crippen LogP contribution in [-0.2, 0) is 5.41 Å². The minimum absolute atomic E-state index is 0.323. The molecule has 212 valence electrons. The largest absolute Gasteiger partial charge is 0.0736 e. The zero-order chi connectivity index (χ0) is 30.4. The molecule has 0 aromatic heterocycles. The molecule has 2 aliphatic rings. The van der Waals surface area contributed by atoms with Gasteiger partial charge in [-0.3, -0.25) is 0 Å². The quantitative estimate of drug-likeness (QED) is 0.180. The van der Waals surface area contributed by atoms with Gasteiger partial charge < -0.3 is 0 Å². The SMILES string of the molecule is Cc1c(C)c(C)c2c(c1C)-c1c(C)c(C)c(C)c(C)c1C21c2c(C)c(C)c(C)c(C)c2-c2c(C)c(C)c(C)c(C)c21. The van der Waals surface area contributed by atoms with Crippen LogP contribution in [0.25, 0.3) is 22.3 Å². The molecule has 0 amide bonds. The van der Waals surface area contributed by atoms with Crippen molar-refractivity contribution < 1.29 is 0 Å². The van der Waals surface area contributed by atoms with Crippen LogP contribution in [0.15, 0.2) is 0 Å². The highest BCUT2D eigenvalue weighted by Crippen LogP contribution is 2.69. The molecule has 41 heavy (non-hydrogen) atoms. The summed E-state index contributed by atoms with van der Waals surface area (Å²) >= 11 is 0. The van der Waals surface area contributed by atoms with Gasteiger partial charge in [-0.05, 0) is 244 Å². The van der Waals surface area contributed by atoms with E-state index in [2.05, 4.69) is 111 Å². The summed E-state index contributed by atoms with van der Waals surface area (Å²) in [4.78, 5) is 0. The summed E-state index contributed by atoms with van der Waals surface area (Å²) in [5.41, 5.74) is 35.2. The fraction of sp³-hybridized carbons (Fsp3) is 0.415. The minimum atomic E-state index is -0.323. The van der Waals surface area contributed by atoms with E-state index >= 15 is 0 Å². The van der Waals surface area contributed by atoms with Crippen LogP contribution in [0.1, 0.15) is 111 Å². The Morgan fingerprint density at radius 1 is 0.195 bits per heavy atom. The third-order valence-electron chi connectivity index (χ3n) is 12.8. The van der Waals surface area contributed by atoms with Crippen LogP contribution in [-0.4, -0.2) is 0 Å². The zero-order valence-corrected chi connectivity index (χ0v) is 28.5. The first-order valence-corrected chi connectivity index (χ1v) is 15.5. The van der Waals surface area contributed by atoms with E-state index in [4.69, 9.17) is 0 Å². The first-order chi connectivity index (χ1) is 19.1. The Hall–Kier alpha value is -3.12. The number of hydrogen-bond acceptors (Lipinski definition) is 0. The smallest absolute Gasteiger partial charge is 0.0446 e. The molecule has 4 aromatic carbocycles. The molecular weight excluding hydrogens is 492 g/mol. The molecule has 0 saturated heterocycles. The lowest BCUT2D eigenvalue weighted by Crippen LogP contribution is -2.31. The highest BCUT2D eigenvalue weighted by atomic mass is 14.6. The molecule has 4 aromatic rings. The van der Waals surface area contributed by atoms with Crippen molar-refractivity contribution in [2.45, 2.75) is 116 Å². The molecule has 0 atom stereocenters. The van der Waals surface area contributed by atoms with Crippen molar-refractivity contribution >= 4 is 0 Å². The van der Waals surface area contributed by atoms with E-state index in [9.17, 15) is 0 Å². The van der Waals surface area contributed by atoms with E-state index in [-0.39, 0.29) is 5.41 Å². The lowest BCUT2D eigenvalue weighted by molar-refractivity contribution is 0.756. The van der Waals surface area contributed by atoms with Crippen molar-refractivity contribution in [2.75, 3.05) is 0 Å². The normalized spacial score (nSPS) is 14.0. The van der Waals surface area contributed by atoms with Crippen LogP contribution in [0.2, 0.25) is 0 Å². The molecule has 0 bridgehead atoms. The zero-order valence-electron chi connectivity index (χ0n) is 28.5. The Bertz CT molecular complexity index is 1640. The predicted octanol–water partition coefficient (Wildman–Crippen LogP) is 11.0. The van der Waals surface area contributed by atoms with Crippen LogP contribution in [0.4, 0.5) is 0 Å². The standard InChI is InChI=1S/C41H48/c1-17-21(5)29(13)37-33(25(17)9)34-26(10)18(2)22(6)30(14)38(34)41(37)39-31(15)23(7)19(3)27(11)35(39)36-28(12)20(4)24(8)32(16)40(36)41/h1-16H3. The molecule has 0 fully saturated rings. The fourth-order valence-corrected chi connectivity index (χ4v) is 9.12. The van der Waals surface area contributed by atoms with Crippen LogP contribution >= 0.6 is 0 Å². The van der Waals surface area contributed by atoms with Gasteiger partial charge in [-0.15, -0.1) is 0 Å². The van der Waals surface area contributed by atoms with Crippen LogP contribution in [0, 0.1) is 111 Å². The molecule has 0 aliphatic heterocycles. The maximum absolute atomic E-state index is 2.42. The number of benzene rings is 4. The third-order valence-corrected chi connectivity index (χ3v) is 12.8. The lowest BCUT2D eigenvalue weighted by Gasteiger charge is -2.37. The fourth-order valence-electron chi connectivity index (χ4n) is 9.12. The van der Waals surface area contributed by atoms with E-state index in [1.54, 1.807) is 22.3 Å². The van der Waals surface area contributed by atoms with Crippen molar-refractivity contribution in [2.24, 2.45) is 0 Å². The second-order valence-electron chi connectivity index (χ2n) is 13.8. The van der Waals surface area contributed by atoms with Crippen molar-refractivity contribution in [3.63, 3.8) is 0 Å². The van der Waals surface area contributed by atoms with Gasteiger partial charge in [0, 0.05) is 0 Å². The average molecular weight is 541 g/mol. The number of hydrogen-bond donors (Lipinski definition) is 0. The van der Waals surface area contributed by atoms with Crippen LogP contribution in [0.5, 0.6) is 0 Å². The molecule has 0 nitrogen and oxygen atoms in total. The van der Waals surface area contributed by atoms with Gasteiger partial charge in [0.1, 0.15) is 0 Å². The second kappa shape index (κ2) is 8.47. The maximum Gasteiger partial charge on any atom is 0.0736 e. The van der Waals surface area contributed by atoms with Crippen molar-refractivity contribution in [1.29, 1.82) is 0 Å². The third kappa shape index (κ3) is 2.88. The molecule has 0 N–H and O–H groups in total. The monoisotopic (exact) mass is 540 g/mol. The predicted molar refractivity (Wildman–Crippen MR) is 179 cm³/mol. The van der Waals surface area contributed by atoms with Gasteiger partial charge in [0.2, 0.25) is 0 Å². The topological polar surface area (TPSA) is 0 Å². The first kappa shape index (κ1) is 28.0. The van der Waals surface area contributed by atoms with Crippen LogP contribution in [0.3, 0.4) is 0 Å². The molecule has 1 spiro atoms.